The monoisotopic (exact) mass is 754 g/mol. The van der Waals surface area contributed by atoms with Crippen LogP contribution in [0.25, 0.3) is 0 Å². The average Bonchev–Trinajstić information content (AvgIpc) is 3.80. The molecule has 54 heavy (non-hydrogen) atoms. The molecule has 0 saturated carbocycles. The van der Waals surface area contributed by atoms with Gasteiger partial charge in [-0.1, -0.05) is 67.4 Å². The molecule has 1 N–H and O–H groups in total. The molecule has 5 atom stereocenters. The summed E-state index contributed by atoms with van der Waals surface area (Å²) >= 11 is 0. The van der Waals surface area contributed by atoms with E-state index in [0.717, 1.165) is 42.5 Å². The van der Waals surface area contributed by atoms with E-state index < -0.39 is 36.5 Å². The van der Waals surface area contributed by atoms with Crippen molar-refractivity contribution in [3.05, 3.63) is 111 Å². The number of benzene rings is 3. The van der Waals surface area contributed by atoms with Gasteiger partial charge >= 0.3 is 0 Å². The Morgan fingerprint density at radius 2 is 1.80 bits per heavy atom. The van der Waals surface area contributed by atoms with Gasteiger partial charge in [0, 0.05) is 60.5 Å². The molecule has 2 fully saturated rings. The number of hydrogen-bond donors (Lipinski definition) is 1. The Kier molecular flexibility index (Phi) is 10.5. The summed E-state index contributed by atoms with van der Waals surface area (Å²) in [5.74, 6) is -1.26. The van der Waals surface area contributed by atoms with Crippen LogP contribution in [0, 0.1) is 16.0 Å². The number of ether oxygens (including phenoxy) is 1. The highest BCUT2D eigenvalue weighted by molar-refractivity contribution is 6.72. The number of rotatable bonds is 11. The van der Waals surface area contributed by atoms with Gasteiger partial charge in [-0.15, -0.1) is 5.10 Å². The van der Waals surface area contributed by atoms with Gasteiger partial charge < -0.3 is 23.8 Å². The smallest absolute Gasteiger partial charge is 0.269 e. The van der Waals surface area contributed by atoms with Gasteiger partial charge in [0.1, 0.15) is 0 Å². The quantitative estimate of drug-likeness (QED) is 0.0745. The lowest BCUT2D eigenvalue weighted by Gasteiger charge is -2.31. The second-order valence-electron chi connectivity index (χ2n) is 15.3. The van der Waals surface area contributed by atoms with Crippen LogP contribution in [0.4, 0.5) is 21.2 Å². The molecule has 1 spiro atoms. The number of hydrogen-bond acceptors (Lipinski definition) is 8. The molecule has 1 aromatic heterocycles. The number of nitro groups is 1. The lowest BCUT2D eigenvalue weighted by Crippen LogP contribution is -2.45. The molecule has 3 aliphatic rings. The Balaban J connectivity index is 1.17. The zero-order valence-corrected chi connectivity index (χ0v) is 31.9. The lowest BCUT2D eigenvalue weighted by molar-refractivity contribution is -0.385. The topological polar surface area (TPSA) is 144 Å². The van der Waals surface area contributed by atoms with Gasteiger partial charge in [-0.2, -0.15) is 0 Å². The van der Waals surface area contributed by atoms with Crippen LogP contribution in [0.5, 0.6) is 0 Å². The van der Waals surface area contributed by atoms with E-state index in [-0.39, 0.29) is 36.6 Å². The zero-order valence-electron chi connectivity index (χ0n) is 30.9. The first-order valence-corrected chi connectivity index (χ1v) is 21.8. The predicted octanol–water partition coefficient (Wildman–Crippen LogP) is 7.02. The number of nitro benzene ring substituents is 1. The number of aliphatic hydroxyl groups excluding tert-OH is 1. The summed E-state index contributed by atoms with van der Waals surface area (Å²) in [6.45, 7) is 6.07. The van der Waals surface area contributed by atoms with Crippen molar-refractivity contribution in [3.8, 4) is 0 Å². The van der Waals surface area contributed by atoms with Crippen LogP contribution < -0.4 is 9.80 Å². The molecule has 3 aromatic carbocycles. The largest absolute Gasteiger partial charge is 0.395 e. The molecule has 2 amide bonds. The first-order valence-electron chi connectivity index (χ1n) is 18.8. The van der Waals surface area contributed by atoms with E-state index in [1.165, 1.54) is 12.1 Å². The summed E-state index contributed by atoms with van der Waals surface area (Å²) in [6, 6.07) is 21.5. The molecule has 12 nitrogen and oxygen atoms in total. The van der Waals surface area contributed by atoms with Gasteiger partial charge in [0.25, 0.3) is 11.6 Å². The molecule has 3 aliphatic heterocycles. The van der Waals surface area contributed by atoms with E-state index in [0.29, 0.717) is 42.9 Å². The van der Waals surface area contributed by atoms with E-state index in [4.69, 9.17) is 4.74 Å². The molecule has 0 radical (unpaired) electrons. The van der Waals surface area contributed by atoms with Crippen LogP contribution in [0.3, 0.4) is 0 Å². The molecule has 0 bridgehead atoms. The van der Waals surface area contributed by atoms with Gasteiger partial charge in [0.15, 0.2) is 5.60 Å². The van der Waals surface area contributed by atoms with E-state index >= 15 is 4.11 Å². The molecule has 4 heterocycles. The van der Waals surface area contributed by atoms with Gasteiger partial charge in [-0.3, -0.25) is 24.4 Å². The Labute approximate surface area is 315 Å². The summed E-state index contributed by atoms with van der Waals surface area (Å²) in [5, 5.41) is 30.8. The van der Waals surface area contributed by atoms with Crippen molar-refractivity contribution in [2.75, 3.05) is 23.0 Å². The Morgan fingerprint density at radius 3 is 2.50 bits per heavy atom. The molecule has 2 saturated heterocycles. The SMILES string of the molecule is C[C@H]1[C@H]([Si](C)(C)F)[C@@H](CCn2cc(C(CO)c3ccccc3)nn2)O[C@]12C(=O)N(Cc1ccc(N3CCCCCCC3=O)cc1)c1ccc([N+](=O)[O-])cc12. The highest BCUT2D eigenvalue weighted by atomic mass is 28.4. The minimum atomic E-state index is -3.50. The fourth-order valence-corrected chi connectivity index (χ4v) is 11.4. The van der Waals surface area contributed by atoms with Crippen molar-refractivity contribution in [2.24, 2.45) is 5.92 Å². The van der Waals surface area contributed by atoms with Crippen LogP contribution in [0.2, 0.25) is 18.6 Å². The lowest BCUT2D eigenvalue weighted by atomic mass is 9.82. The van der Waals surface area contributed by atoms with Crippen molar-refractivity contribution in [3.63, 3.8) is 0 Å². The summed E-state index contributed by atoms with van der Waals surface area (Å²) in [7, 11) is -3.50. The Hall–Kier alpha value is -4.79. The highest BCUT2D eigenvalue weighted by Gasteiger charge is 2.67. The second-order valence-corrected chi connectivity index (χ2v) is 19.1. The van der Waals surface area contributed by atoms with E-state index in [1.54, 1.807) is 34.9 Å². The van der Waals surface area contributed by atoms with Gasteiger partial charge in [0.2, 0.25) is 14.3 Å². The fourth-order valence-electron chi connectivity index (χ4n) is 8.87. The highest BCUT2D eigenvalue weighted by Crippen LogP contribution is 2.60. The number of carbonyl (C=O) groups is 2. The number of aryl methyl sites for hydroxylation is 1. The zero-order chi connectivity index (χ0) is 38.2. The molecular formula is C40H47FN6O6Si. The number of halogens is 1. The molecular weight excluding hydrogens is 708 g/mol. The predicted molar refractivity (Wildman–Crippen MR) is 204 cm³/mol. The van der Waals surface area contributed by atoms with Crippen molar-refractivity contribution in [1.29, 1.82) is 0 Å². The maximum Gasteiger partial charge on any atom is 0.269 e. The van der Waals surface area contributed by atoms with Crippen LogP contribution >= 0.6 is 0 Å². The molecule has 1 unspecified atom stereocenters. The summed E-state index contributed by atoms with van der Waals surface area (Å²) in [6.07, 6.45) is 5.90. The summed E-state index contributed by atoms with van der Waals surface area (Å²) in [5.41, 5.74) is 1.58. The number of nitrogens with zero attached hydrogens (tertiary/aromatic N) is 6. The van der Waals surface area contributed by atoms with Crippen LogP contribution in [0.15, 0.2) is 79.0 Å². The molecule has 0 aliphatic carbocycles. The van der Waals surface area contributed by atoms with Crippen molar-refractivity contribution < 1.29 is 28.5 Å². The van der Waals surface area contributed by atoms with E-state index in [2.05, 4.69) is 10.3 Å². The van der Waals surface area contributed by atoms with Gasteiger partial charge in [0.05, 0.1) is 41.5 Å². The minimum absolute atomic E-state index is 0.108. The fraction of sp³-hybridized carbons (Fsp3) is 0.450. The third-order valence-electron chi connectivity index (χ3n) is 11.5. The number of amides is 2. The van der Waals surface area contributed by atoms with Crippen molar-refractivity contribution in [2.45, 2.75) is 94.8 Å². The first kappa shape index (κ1) is 37.5. The standard InChI is InChI=1S/C40H47FN6O6Si/c1-27-38(54(2,3)41)36(20-22-44-25-34(42-43-44)32(26-48)29-11-7-6-8-12-29)53-40(27)33-23-31(47(51)52)18-19-35(33)46(39(40)50)24-28-14-16-30(17-15-28)45-21-10-5-4-9-13-37(45)49/h6-8,11-12,14-19,23,25,27,32,36,38,48H,4-5,9-10,13,20-22,24,26H2,1-3H3/t27-,32?,36+,38-,40+/m0/s1. The number of fused-ring (bicyclic) bond motifs is 2. The van der Waals surface area contributed by atoms with Crippen LogP contribution in [0.1, 0.15) is 73.8 Å². The number of anilines is 2. The average molecular weight is 755 g/mol. The van der Waals surface area contributed by atoms with E-state index in [1.807, 2.05) is 66.4 Å². The summed E-state index contributed by atoms with van der Waals surface area (Å²) < 4.78 is 24.9. The maximum absolute atomic E-state index is 16.5. The van der Waals surface area contributed by atoms with Crippen LogP contribution in [-0.2, 0) is 33.0 Å². The minimum Gasteiger partial charge on any atom is -0.395 e. The van der Waals surface area contributed by atoms with Crippen LogP contribution in [-0.4, -0.2) is 64.5 Å². The number of carbonyl (C=O) groups excluding carboxylic acids is 2. The molecule has 284 valence electrons. The third-order valence-corrected chi connectivity index (χ3v) is 14.0. The maximum atomic E-state index is 16.5. The second kappa shape index (κ2) is 15.2. The summed E-state index contributed by atoms with van der Waals surface area (Å²) in [4.78, 5) is 42.7. The van der Waals surface area contributed by atoms with Gasteiger partial charge in [-0.25, -0.2) is 0 Å². The van der Waals surface area contributed by atoms with Crippen molar-refractivity contribution in [1.82, 2.24) is 15.0 Å². The number of aromatic nitrogens is 3. The van der Waals surface area contributed by atoms with E-state index in [9.17, 15) is 24.8 Å². The number of aliphatic hydroxyl groups is 1. The van der Waals surface area contributed by atoms with Crippen molar-refractivity contribution >= 4 is 37.3 Å². The number of non-ortho nitro benzene ring substituents is 1. The Bertz CT molecular complexity index is 2010. The first-order chi connectivity index (χ1) is 25.9. The third kappa shape index (κ3) is 6.98. The molecule has 14 heteroatoms. The van der Waals surface area contributed by atoms with Gasteiger partial charge in [-0.05, 0) is 61.7 Å². The Morgan fingerprint density at radius 1 is 1.06 bits per heavy atom. The molecule has 4 aromatic rings. The molecule has 7 rings (SSSR count). The normalized spacial score (nSPS) is 23.8.